The maximum Gasteiger partial charge on any atom is 0.224 e. The fourth-order valence-electron chi connectivity index (χ4n) is 7.79. The van der Waals surface area contributed by atoms with Gasteiger partial charge in [-0.25, -0.2) is 0 Å². The number of hydrogen-bond donors (Lipinski definition) is 1. The molecule has 0 aromatic heterocycles. The summed E-state index contributed by atoms with van der Waals surface area (Å²) in [5, 5.41) is 0. The molecule has 1 aliphatic heterocycles. The highest BCUT2D eigenvalue weighted by molar-refractivity contribution is 5.92. The molecule has 7 rings (SSSR count). The molecule has 4 heteroatoms. The number of carbonyl (C=O) groups excluding carboxylic acids is 1. The zero-order valence-corrected chi connectivity index (χ0v) is 10.3. The lowest BCUT2D eigenvalue weighted by molar-refractivity contribution is -0.644. The van der Waals surface area contributed by atoms with Crippen molar-refractivity contribution in [1.29, 1.82) is 0 Å². The highest BCUT2D eigenvalue weighted by Gasteiger charge is 3.11. The Balaban J connectivity index is 1.35. The SMILES string of the molecule is NC(=O)C12C3C4C5C3C1(CN1CCOCC1)C5C42. The minimum absolute atomic E-state index is 0.0277. The summed E-state index contributed by atoms with van der Waals surface area (Å²) in [6, 6.07) is 0. The molecule has 1 amide bonds. The van der Waals surface area contributed by atoms with E-state index in [0.717, 1.165) is 68.4 Å². The zero-order chi connectivity index (χ0) is 11.9. The summed E-state index contributed by atoms with van der Waals surface area (Å²) < 4.78 is 5.42. The summed E-state index contributed by atoms with van der Waals surface area (Å²) >= 11 is 0. The van der Waals surface area contributed by atoms with Crippen molar-refractivity contribution >= 4 is 5.91 Å². The summed E-state index contributed by atoms with van der Waals surface area (Å²) in [5.74, 6) is 5.18. The van der Waals surface area contributed by atoms with Gasteiger partial charge < -0.3 is 10.5 Å². The zero-order valence-electron chi connectivity index (χ0n) is 10.3. The minimum Gasteiger partial charge on any atom is -0.379 e. The van der Waals surface area contributed by atoms with Gasteiger partial charge in [-0.1, -0.05) is 0 Å². The smallest absolute Gasteiger partial charge is 0.224 e. The summed E-state index contributed by atoms with van der Waals surface area (Å²) in [5.41, 5.74) is 6.11. The number of morpholine rings is 1. The third-order valence-corrected chi connectivity index (χ3v) is 7.88. The Morgan fingerprint density at radius 3 is 2.39 bits per heavy atom. The van der Waals surface area contributed by atoms with E-state index in [4.69, 9.17) is 10.5 Å². The van der Waals surface area contributed by atoms with Gasteiger partial charge in [-0.15, -0.1) is 0 Å². The van der Waals surface area contributed by atoms with Gasteiger partial charge in [0.15, 0.2) is 0 Å². The van der Waals surface area contributed by atoms with Crippen LogP contribution in [0.3, 0.4) is 0 Å². The fraction of sp³-hybridized carbons (Fsp3) is 0.929. The van der Waals surface area contributed by atoms with Crippen LogP contribution in [0.15, 0.2) is 0 Å². The second kappa shape index (κ2) is 2.27. The van der Waals surface area contributed by atoms with E-state index in [-0.39, 0.29) is 11.3 Å². The van der Waals surface area contributed by atoms with Crippen LogP contribution in [0.4, 0.5) is 0 Å². The van der Waals surface area contributed by atoms with Crippen LogP contribution in [0.2, 0.25) is 0 Å². The molecule has 6 saturated carbocycles. The highest BCUT2D eigenvalue weighted by Crippen LogP contribution is 3.10. The van der Waals surface area contributed by atoms with E-state index in [0.29, 0.717) is 5.41 Å². The standard InChI is InChI=1S/C14H18N2O2/c15-12(17)14-10-7-6-8(10)13(14,9(6)11(7)14)5-16-1-3-18-4-2-16/h6-11H,1-5H2,(H2,15,17). The first kappa shape index (κ1) is 9.32. The average molecular weight is 246 g/mol. The van der Waals surface area contributed by atoms with Crippen LogP contribution in [0, 0.1) is 46.3 Å². The first-order chi connectivity index (χ1) is 8.76. The molecule has 7 fully saturated rings. The number of rotatable bonds is 3. The molecule has 0 spiro atoms. The van der Waals surface area contributed by atoms with E-state index >= 15 is 0 Å². The van der Waals surface area contributed by atoms with Gasteiger partial charge in [0.2, 0.25) is 5.91 Å². The molecule has 0 radical (unpaired) electrons. The van der Waals surface area contributed by atoms with Crippen molar-refractivity contribution in [1.82, 2.24) is 4.90 Å². The van der Waals surface area contributed by atoms with Gasteiger partial charge in [0.1, 0.15) is 0 Å². The topological polar surface area (TPSA) is 55.6 Å². The Bertz CT molecular complexity index is 478. The summed E-state index contributed by atoms with van der Waals surface area (Å²) in [4.78, 5) is 14.5. The molecule has 2 N–H and O–H groups in total. The highest BCUT2D eigenvalue weighted by atomic mass is 16.5. The lowest BCUT2D eigenvalue weighted by Crippen LogP contribution is -3.12. The van der Waals surface area contributed by atoms with Gasteiger partial charge in [0, 0.05) is 25.0 Å². The van der Waals surface area contributed by atoms with Crippen LogP contribution in [-0.4, -0.2) is 43.7 Å². The van der Waals surface area contributed by atoms with E-state index in [1.54, 1.807) is 0 Å². The van der Waals surface area contributed by atoms with Crippen LogP contribution < -0.4 is 5.73 Å². The number of hydrogen-bond acceptors (Lipinski definition) is 3. The van der Waals surface area contributed by atoms with Crippen LogP contribution in [0.1, 0.15) is 0 Å². The van der Waals surface area contributed by atoms with E-state index in [1.165, 1.54) is 0 Å². The van der Waals surface area contributed by atoms with Gasteiger partial charge >= 0.3 is 0 Å². The van der Waals surface area contributed by atoms with Gasteiger partial charge in [0.05, 0.1) is 18.6 Å². The number of amides is 1. The molecule has 6 aliphatic carbocycles. The van der Waals surface area contributed by atoms with E-state index in [9.17, 15) is 4.79 Å². The van der Waals surface area contributed by atoms with Gasteiger partial charge in [-0.05, 0) is 35.5 Å². The Kier molecular flexibility index (Phi) is 1.17. The van der Waals surface area contributed by atoms with Crippen LogP contribution in [0.5, 0.6) is 0 Å². The normalized spacial score (nSPS) is 68.9. The summed E-state index contributed by atoms with van der Waals surface area (Å²) in [6.45, 7) is 4.92. The first-order valence-electron chi connectivity index (χ1n) is 7.36. The van der Waals surface area contributed by atoms with Crippen molar-refractivity contribution in [2.45, 2.75) is 0 Å². The van der Waals surface area contributed by atoms with Gasteiger partial charge in [-0.3, -0.25) is 9.69 Å². The quantitative estimate of drug-likeness (QED) is 0.733. The minimum atomic E-state index is -0.0277. The Hall–Kier alpha value is -0.610. The monoisotopic (exact) mass is 246 g/mol. The van der Waals surface area contributed by atoms with Crippen LogP contribution >= 0.6 is 0 Å². The van der Waals surface area contributed by atoms with Gasteiger partial charge in [-0.2, -0.15) is 0 Å². The number of nitrogens with zero attached hydrogens (tertiary/aromatic N) is 1. The van der Waals surface area contributed by atoms with Crippen molar-refractivity contribution in [2.24, 2.45) is 52.1 Å². The number of nitrogens with two attached hydrogens (primary N) is 1. The van der Waals surface area contributed by atoms with Crippen molar-refractivity contribution in [3.63, 3.8) is 0 Å². The maximum atomic E-state index is 12.0. The first-order valence-corrected chi connectivity index (χ1v) is 7.36. The molecular weight excluding hydrogens is 228 g/mol. The number of carbonyl (C=O) groups is 1. The maximum absolute atomic E-state index is 12.0. The molecule has 1 saturated heterocycles. The van der Waals surface area contributed by atoms with Crippen molar-refractivity contribution in [2.75, 3.05) is 32.8 Å². The average Bonchev–Trinajstić information content (AvgIpc) is 2.39. The molecule has 4 unspecified atom stereocenters. The second-order valence-electron chi connectivity index (χ2n) is 7.42. The molecule has 7 aliphatic rings. The predicted molar refractivity (Wildman–Crippen MR) is 62.3 cm³/mol. The fourth-order valence-corrected chi connectivity index (χ4v) is 7.79. The molecule has 18 heavy (non-hydrogen) atoms. The summed E-state index contributed by atoms with van der Waals surface area (Å²) in [7, 11) is 0. The molecule has 4 nitrogen and oxygen atoms in total. The van der Waals surface area contributed by atoms with Crippen molar-refractivity contribution in [3.8, 4) is 0 Å². The van der Waals surface area contributed by atoms with Crippen LogP contribution in [-0.2, 0) is 9.53 Å². The molecule has 0 aromatic rings. The number of primary amides is 1. The Morgan fingerprint density at radius 2 is 1.78 bits per heavy atom. The van der Waals surface area contributed by atoms with Crippen molar-refractivity contribution in [3.05, 3.63) is 0 Å². The summed E-state index contributed by atoms with van der Waals surface area (Å²) in [6.07, 6.45) is 0. The molecule has 1 heterocycles. The third kappa shape index (κ3) is 0.506. The van der Waals surface area contributed by atoms with E-state index < -0.39 is 0 Å². The molecule has 0 bridgehead atoms. The predicted octanol–water partition coefficient (Wildman–Crippen LogP) is -0.458. The molecular formula is C14H18N2O2. The lowest BCUT2D eigenvalue weighted by atomic mass is 8.92. The molecule has 0 aromatic carbocycles. The van der Waals surface area contributed by atoms with Crippen LogP contribution in [0.25, 0.3) is 0 Å². The van der Waals surface area contributed by atoms with Crippen molar-refractivity contribution < 1.29 is 9.53 Å². The van der Waals surface area contributed by atoms with E-state index in [2.05, 4.69) is 4.90 Å². The molecule has 96 valence electrons. The third-order valence-electron chi connectivity index (χ3n) is 7.88. The largest absolute Gasteiger partial charge is 0.379 e. The lowest BCUT2D eigenvalue weighted by Gasteiger charge is -3.11. The van der Waals surface area contributed by atoms with E-state index in [1.807, 2.05) is 0 Å². The molecule has 4 atom stereocenters. The second-order valence-corrected chi connectivity index (χ2v) is 7.42. The Morgan fingerprint density at radius 1 is 1.17 bits per heavy atom. The van der Waals surface area contributed by atoms with Gasteiger partial charge in [0.25, 0.3) is 0 Å². The Labute approximate surface area is 106 Å². The number of ether oxygens (including phenoxy) is 1.